The third kappa shape index (κ3) is 6.37. The fraction of sp³-hybridized carbons (Fsp3) is 0.455. The van der Waals surface area contributed by atoms with Crippen molar-refractivity contribution in [1.82, 2.24) is 4.90 Å². The van der Waals surface area contributed by atoms with E-state index >= 15 is 0 Å². The molecule has 2 heteroatoms. The van der Waals surface area contributed by atoms with Crippen LogP contribution in [0.2, 0.25) is 0 Å². The standard InChI is InChI=1S/C12H8O.C6H15N.2C2H6/c1-3-7-11-9(5-1)10-6-2-4-8-12(10)13-11;1-4-7(5-2)6-3;2*1-2/h1-8H;4-6H2,1-3H3;2*1-2H3. The normalized spacial score (nSPS) is 9.50. The van der Waals surface area contributed by atoms with Crippen molar-refractivity contribution < 1.29 is 4.42 Å². The van der Waals surface area contributed by atoms with Gasteiger partial charge in [-0.3, -0.25) is 0 Å². The first-order chi connectivity index (χ1) is 11.8. The molecular weight excluding hydrogens is 294 g/mol. The van der Waals surface area contributed by atoms with E-state index in [1.165, 1.54) is 30.4 Å². The molecule has 2 aromatic carbocycles. The number of furan rings is 1. The minimum atomic E-state index is 0.962. The molecule has 0 fully saturated rings. The zero-order valence-electron chi connectivity index (χ0n) is 16.6. The molecule has 0 bridgehead atoms. The largest absolute Gasteiger partial charge is 0.456 e. The van der Waals surface area contributed by atoms with Gasteiger partial charge in [0.25, 0.3) is 0 Å². The van der Waals surface area contributed by atoms with Crippen molar-refractivity contribution in [3.8, 4) is 0 Å². The summed E-state index contributed by atoms with van der Waals surface area (Å²) >= 11 is 0. The summed E-state index contributed by atoms with van der Waals surface area (Å²) in [5, 5.41) is 2.39. The maximum atomic E-state index is 5.65. The van der Waals surface area contributed by atoms with Crippen molar-refractivity contribution >= 4 is 21.9 Å². The molecule has 1 aromatic heterocycles. The highest BCUT2D eigenvalue weighted by Gasteiger charge is 2.03. The first-order valence-electron chi connectivity index (χ1n) is 9.38. The van der Waals surface area contributed by atoms with E-state index in [0.29, 0.717) is 0 Å². The Kier molecular flexibility index (Phi) is 12.6. The summed E-state index contributed by atoms with van der Waals surface area (Å²) in [6.45, 7) is 18.1. The number of fused-ring (bicyclic) bond motifs is 3. The monoisotopic (exact) mass is 329 g/mol. The Labute approximate surface area is 148 Å². The van der Waals surface area contributed by atoms with Gasteiger partial charge in [0.2, 0.25) is 0 Å². The quantitative estimate of drug-likeness (QED) is 0.515. The van der Waals surface area contributed by atoms with Gasteiger partial charge in [-0.05, 0) is 31.8 Å². The molecule has 1 heterocycles. The van der Waals surface area contributed by atoms with Crippen LogP contribution in [0.5, 0.6) is 0 Å². The van der Waals surface area contributed by atoms with Gasteiger partial charge in [0.05, 0.1) is 0 Å². The van der Waals surface area contributed by atoms with Crippen LogP contribution in [0.3, 0.4) is 0 Å². The topological polar surface area (TPSA) is 16.4 Å². The molecule has 0 atom stereocenters. The molecule has 0 radical (unpaired) electrons. The van der Waals surface area contributed by atoms with E-state index in [4.69, 9.17) is 4.42 Å². The number of nitrogens with zero attached hydrogens (tertiary/aromatic N) is 1. The van der Waals surface area contributed by atoms with Crippen LogP contribution in [0, 0.1) is 0 Å². The second-order valence-corrected chi connectivity index (χ2v) is 4.71. The molecule has 0 saturated carbocycles. The Morgan fingerprint density at radius 3 is 1.25 bits per heavy atom. The smallest absolute Gasteiger partial charge is 0.135 e. The van der Waals surface area contributed by atoms with E-state index in [1.807, 2.05) is 64.1 Å². The van der Waals surface area contributed by atoms with E-state index in [2.05, 4.69) is 37.8 Å². The van der Waals surface area contributed by atoms with Crippen molar-refractivity contribution in [1.29, 1.82) is 0 Å². The van der Waals surface area contributed by atoms with Crippen LogP contribution in [0.4, 0.5) is 0 Å². The minimum absolute atomic E-state index is 0.962. The minimum Gasteiger partial charge on any atom is -0.456 e. The number of hydrogen-bond donors (Lipinski definition) is 0. The van der Waals surface area contributed by atoms with Crippen LogP contribution in [-0.2, 0) is 0 Å². The lowest BCUT2D eigenvalue weighted by Gasteiger charge is -2.13. The average molecular weight is 330 g/mol. The zero-order valence-corrected chi connectivity index (χ0v) is 16.6. The molecule has 0 unspecified atom stereocenters. The Morgan fingerprint density at radius 2 is 0.958 bits per heavy atom. The molecule has 0 saturated heterocycles. The van der Waals surface area contributed by atoms with Crippen molar-refractivity contribution in [3.05, 3.63) is 48.5 Å². The van der Waals surface area contributed by atoms with Crippen molar-refractivity contribution in [2.75, 3.05) is 19.6 Å². The van der Waals surface area contributed by atoms with Crippen LogP contribution < -0.4 is 0 Å². The zero-order chi connectivity index (χ0) is 18.4. The van der Waals surface area contributed by atoms with Crippen molar-refractivity contribution in [2.24, 2.45) is 0 Å². The molecule has 24 heavy (non-hydrogen) atoms. The maximum Gasteiger partial charge on any atom is 0.135 e. The first-order valence-corrected chi connectivity index (χ1v) is 9.38. The van der Waals surface area contributed by atoms with Gasteiger partial charge in [-0.1, -0.05) is 84.9 Å². The fourth-order valence-electron chi connectivity index (χ4n) is 2.35. The molecule has 0 amide bonds. The lowest BCUT2D eigenvalue weighted by molar-refractivity contribution is 0.321. The third-order valence-electron chi connectivity index (χ3n) is 3.63. The Hall–Kier alpha value is -1.80. The Balaban J connectivity index is 0.000000416. The third-order valence-corrected chi connectivity index (χ3v) is 3.63. The van der Waals surface area contributed by atoms with Crippen molar-refractivity contribution in [3.63, 3.8) is 0 Å². The summed E-state index contributed by atoms with van der Waals surface area (Å²) in [5.41, 5.74) is 1.92. The van der Waals surface area contributed by atoms with Gasteiger partial charge in [0.15, 0.2) is 0 Å². The van der Waals surface area contributed by atoms with Crippen LogP contribution in [0.25, 0.3) is 21.9 Å². The second-order valence-electron chi connectivity index (χ2n) is 4.71. The van der Waals surface area contributed by atoms with Gasteiger partial charge >= 0.3 is 0 Å². The van der Waals surface area contributed by atoms with E-state index < -0.39 is 0 Å². The molecule has 2 nitrogen and oxygen atoms in total. The average Bonchev–Trinajstić information content (AvgIpc) is 3.06. The summed E-state index contributed by atoms with van der Waals surface area (Å²) in [6.07, 6.45) is 0. The molecule has 0 spiro atoms. The molecule has 0 N–H and O–H groups in total. The highest BCUT2D eigenvalue weighted by Crippen LogP contribution is 2.27. The Bertz CT molecular complexity index is 597. The predicted octanol–water partition coefficient (Wildman–Crippen LogP) is 6.99. The van der Waals surface area contributed by atoms with Crippen LogP contribution in [0.15, 0.2) is 52.9 Å². The summed E-state index contributed by atoms with van der Waals surface area (Å²) in [7, 11) is 0. The molecule has 134 valence electrons. The molecular formula is C22H35NO. The van der Waals surface area contributed by atoms with Gasteiger partial charge in [-0.25, -0.2) is 0 Å². The lowest BCUT2D eigenvalue weighted by Crippen LogP contribution is -2.21. The van der Waals surface area contributed by atoms with Crippen LogP contribution in [-0.4, -0.2) is 24.5 Å². The summed E-state index contributed by atoms with van der Waals surface area (Å²) in [6, 6.07) is 16.2. The van der Waals surface area contributed by atoms with Gasteiger partial charge < -0.3 is 9.32 Å². The SMILES string of the molecule is CC.CC.CCN(CC)CC.c1ccc2c(c1)oc1ccccc12. The molecule has 0 aliphatic rings. The molecule has 3 aromatic rings. The molecule has 0 aliphatic heterocycles. The van der Waals surface area contributed by atoms with E-state index in [0.717, 1.165) is 11.2 Å². The summed E-state index contributed by atoms with van der Waals surface area (Å²) in [4.78, 5) is 2.38. The highest BCUT2D eigenvalue weighted by atomic mass is 16.3. The fourth-order valence-corrected chi connectivity index (χ4v) is 2.35. The number of rotatable bonds is 3. The van der Waals surface area contributed by atoms with Gasteiger partial charge in [-0.15, -0.1) is 0 Å². The van der Waals surface area contributed by atoms with E-state index in [-0.39, 0.29) is 0 Å². The summed E-state index contributed by atoms with van der Waals surface area (Å²) < 4.78 is 5.65. The van der Waals surface area contributed by atoms with Gasteiger partial charge in [-0.2, -0.15) is 0 Å². The van der Waals surface area contributed by atoms with Crippen LogP contribution in [0.1, 0.15) is 48.5 Å². The Morgan fingerprint density at radius 1 is 0.625 bits per heavy atom. The van der Waals surface area contributed by atoms with Crippen molar-refractivity contribution in [2.45, 2.75) is 48.5 Å². The van der Waals surface area contributed by atoms with E-state index in [1.54, 1.807) is 0 Å². The number of para-hydroxylation sites is 2. The number of hydrogen-bond acceptors (Lipinski definition) is 2. The molecule has 3 rings (SSSR count). The molecule has 0 aliphatic carbocycles. The predicted molar refractivity (Wildman–Crippen MR) is 110 cm³/mol. The van der Waals surface area contributed by atoms with Gasteiger partial charge in [0.1, 0.15) is 11.2 Å². The number of benzene rings is 2. The highest BCUT2D eigenvalue weighted by molar-refractivity contribution is 6.04. The van der Waals surface area contributed by atoms with Gasteiger partial charge in [0, 0.05) is 10.8 Å². The van der Waals surface area contributed by atoms with Crippen LogP contribution >= 0.6 is 0 Å². The lowest BCUT2D eigenvalue weighted by atomic mass is 10.2. The first kappa shape index (κ1) is 22.2. The second kappa shape index (κ2) is 13.6. The maximum absolute atomic E-state index is 5.65. The van der Waals surface area contributed by atoms with E-state index in [9.17, 15) is 0 Å². The summed E-state index contributed by atoms with van der Waals surface area (Å²) in [5.74, 6) is 0.